The number of likely N-dealkylation sites (tertiary alicyclic amines) is 1. The molecule has 0 aromatic heterocycles. The molecule has 2 saturated heterocycles. The molecule has 4 rings (SSSR count). The van der Waals surface area contributed by atoms with E-state index in [0.29, 0.717) is 0 Å². The zero-order valence-corrected chi connectivity index (χ0v) is 15.3. The highest BCUT2D eigenvalue weighted by molar-refractivity contribution is 5.62. The van der Waals surface area contributed by atoms with Crippen LogP contribution in [0.5, 0.6) is 0 Å². The van der Waals surface area contributed by atoms with Crippen molar-refractivity contribution in [1.29, 1.82) is 0 Å². The Kier molecular flexibility index (Phi) is 4.68. The van der Waals surface area contributed by atoms with Crippen molar-refractivity contribution in [1.82, 2.24) is 4.90 Å². The lowest BCUT2D eigenvalue weighted by atomic mass is 9.83. The first-order valence-corrected chi connectivity index (χ1v) is 9.61. The van der Waals surface area contributed by atoms with Gasteiger partial charge in [0.05, 0.1) is 5.56 Å². The molecular weight excluding hydrogens is 341 g/mol. The van der Waals surface area contributed by atoms with Crippen molar-refractivity contribution in [3.8, 4) is 0 Å². The van der Waals surface area contributed by atoms with E-state index in [0.717, 1.165) is 82.1 Å². The maximum absolute atomic E-state index is 13.0. The second-order valence-corrected chi connectivity index (χ2v) is 8.16. The lowest BCUT2D eigenvalue weighted by molar-refractivity contribution is -0.137. The number of piperidine rings is 1. The van der Waals surface area contributed by atoms with Crippen molar-refractivity contribution in [2.24, 2.45) is 5.92 Å². The van der Waals surface area contributed by atoms with E-state index in [1.807, 2.05) is 7.05 Å². The fourth-order valence-electron chi connectivity index (χ4n) is 4.92. The molecule has 0 saturated carbocycles. The summed E-state index contributed by atoms with van der Waals surface area (Å²) in [6.07, 6.45) is 0.788. The summed E-state index contributed by atoms with van der Waals surface area (Å²) >= 11 is 0. The number of halogens is 3. The summed E-state index contributed by atoms with van der Waals surface area (Å²) < 4.78 is 44.5. The first-order chi connectivity index (χ1) is 12.4. The monoisotopic (exact) mass is 368 g/mol. The van der Waals surface area contributed by atoms with Gasteiger partial charge in [-0.3, -0.25) is 0 Å². The highest BCUT2D eigenvalue weighted by Crippen LogP contribution is 2.45. The maximum Gasteiger partial charge on any atom is 0.416 e. The molecule has 0 aliphatic carbocycles. The van der Waals surface area contributed by atoms with Crippen LogP contribution in [0, 0.1) is 5.92 Å². The molecule has 2 fully saturated rings. The Labute approximate surface area is 153 Å². The fourth-order valence-corrected chi connectivity index (χ4v) is 4.92. The number of likely N-dealkylation sites (N-methyl/N-ethyl adjacent to an activating group) is 1. The molecule has 1 spiro atoms. The molecule has 0 N–H and O–H groups in total. The number of alkyl halides is 3. The van der Waals surface area contributed by atoms with Crippen LogP contribution in [0.3, 0.4) is 0 Å². The van der Waals surface area contributed by atoms with E-state index in [4.69, 9.17) is 4.74 Å². The molecule has 0 radical (unpaired) electrons. The molecule has 6 heteroatoms. The number of anilines is 1. The van der Waals surface area contributed by atoms with Crippen LogP contribution in [0.1, 0.15) is 36.8 Å². The van der Waals surface area contributed by atoms with Gasteiger partial charge in [-0.1, -0.05) is 0 Å². The van der Waals surface area contributed by atoms with E-state index in [1.165, 1.54) is 12.1 Å². The molecule has 3 nitrogen and oxygen atoms in total. The number of benzene rings is 1. The molecule has 3 heterocycles. The van der Waals surface area contributed by atoms with Gasteiger partial charge in [0, 0.05) is 51.1 Å². The Balaban J connectivity index is 1.42. The molecule has 26 heavy (non-hydrogen) atoms. The average Bonchev–Trinajstić information content (AvgIpc) is 2.89. The third kappa shape index (κ3) is 3.33. The lowest BCUT2D eigenvalue weighted by Crippen LogP contribution is -2.53. The van der Waals surface area contributed by atoms with Crippen LogP contribution in [0.4, 0.5) is 18.9 Å². The van der Waals surface area contributed by atoms with Crippen LogP contribution in [0.15, 0.2) is 18.2 Å². The second-order valence-electron chi connectivity index (χ2n) is 8.16. The molecule has 144 valence electrons. The van der Waals surface area contributed by atoms with Gasteiger partial charge in [0.2, 0.25) is 0 Å². The highest BCUT2D eigenvalue weighted by Gasteiger charge is 2.44. The molecule has 3 aliphatic rings. The minimum absolute atomic E-state index is 0.0151. The number of hydrogen-bond acceptors (Lipinski definition) is 3. The molecule has 1 aromatic carbocycles. The van der Waals surface area contributed by atoms with Gasteiger partial charge in [-0.05, 0) is 61.8 Å². The first kappa shape index (κ1) is 18.1. The fraction of sp³-hybridized carbons (Fsp3) is 0.700. The van der Waals surface area contributed by atoms with E-state index in [9.17, 15) is 13.2 Å². The zero-order valence-electron chi connectivity index (χ0n) is 15.3. The quantitative estimate of drug-likeness (QED) is 0.786. The second kappa shape index (κ2) is 6.71. The molecule has 1 aromatic rings. The van der Waals surface area contributed by atoms with Crippen LogP contribution >= 0.6 is 0 Å². The summed E-state index contributed by atoms with van der Waals surface area (Å²) in [4.78, 5) is 4.79. The van der Waals surface area contributed by atoms with Gasteiger partial charge in [-0.25, -0.2) is 0 Å². The van der Waals surface area contributed by atoms with Crippen LogP contribution in [0.25, 0.3) is 0 Å². The minimum atomic E-state index is -4.27. The molecule has 0 atom stereocenters. The molecular formula is C20H27F3N2O. The molecule has 0 amide bonds. The summed E-state index contributed by atoms with van der Waals surface area (Å²) in [5.41, 5.74) is 1.27. The van der Waals surface area contributed by atoms with Crippen molar-refractivity contribution >= 4 is 5.69 Å². The summed E-state index contributed by atoms with van der Waals surface area (Å²) in [5, 5.41) is 0. The Morgan fingerprint density at radius 3 is 2.50 bits per heavy atom. The van der Waals surface area contributed by atoms with Gasteiger partial charge in [0.15, 0.2) is 0 Å². The van der Waals surface area contributed by atoms with Gasteiger partial charge in [0.1, 0.15) is 0 Å². The Morgan fingerprint density at radius 2 is 1.85 bits per heavy atom. The van der Waals surface area contributed by atoms with Gasteiger partial charge in [0.25, 0.3) is 0 Å². The summed E-state index contributed by atoms with van der Waals surface area (Å²) in [7, 11) is 2.05. The normalized spacial score (nSPS) is 24.2. The average molecular weight is 368 g/mol. The van der Waals surface area contributed by atoms with Gasteiger partial charge in [-0.15, -0.1) is 0 Å². The van der Waals surface area contributed by atoms with Crippen LogP contribution in [0.2, 0.25) is 0 Å². The number of ether oxygens (including phenoxy) is 1. The number of fused-ring (bicyclic) bond motifs is 1. The van der Waals surface area contributed by atoms with Gasteiger partial charge in [-0.2, -0.15) is 13.2 Å². The van der Waals surface area contributed by atoms with Crippen molar-refractivity contribution in [3.05, 3.63) is 29.3 Å². The van der Waals surface area contributed by atoms with Crippen LogP contribution in [-0.4, -0.2) is 50.3 Å². The van der Waals surface area contributed by atoms with E-state index in [1.54, 1.807) is 6.07 Å². The van der Waals surface area contributed by atoms with Crippen molar-refractivity contribution in [2.75, 3.05) is 44.8 Å². The Bertz CT molecular complexity index is 647. The standard InChI is InChI=1S/C20H27F3N2O/c1-24-18-3-2-17(20(21,22)23)12-16(18)13-19(24)6-8-25(9-7-19)14-15-4-10-26-11-5-15/h2-3,12,15H,4-11,13-14H2,1H3. The van der Waals surface area contributed by atoms with Crippen molar-refractivity contribution in [2.45, 2.75) is 43.8 Å². The molecule has 0 unspecified atom stereocenters. The first-order valence-electron chi connectivity index (χ1n) is 9.61. The van der Waals surface area contributed by atoms with E-state index in [-0.39, 0.29) is 5.54 Å². The Morgan fingerprint density at radius 1 is 1.15 bits per heavy atom. The smallest absolute Gasteiger partial charge is 0.381 e. The third-order valence-electron chi connectivity index (χ3n) is 6.64. The van der Waals surface area contributed by atoms with Crippen LogP contribution < -0.4 is 4.90 Å². The minimum Gasteiger partial charge on any atom is -0.381 e. The molecule has 3 aliphatic heterocycles. The number of hydrogen-bond donors (Lipinski definition) is 0. The van der Waals surface area contributed by atoms with Gasteiger partial charge >= 0.3 is 6.18 Å². The van der Waals surface area contributed by atoms with E-state index < -0.39 is 11.7 Å². The Hall–Kier alpha value is -1.27. The largest absolute Gasteiger partial charge is 0.416 e. The van der Waals surface area contributed by atoms with Crippen molar-refractivity contribution < 1.29 is 17.9 Å². The summed E-state index contributed by atoms with van der Waals surface area (Å²) in [5.74, 6) is 0.727. The maximum atomic E-state index is 13.0. The molecule has 0 bridgehead atoms. The highest BCUT2D eigenvalue weighted by atomic mass is 19.4. The van der Waals surface area contributed by atoms with E-state index in [2.05, 4.69) is 9.80 Å². The topological polar surface area (TPSA) is 15.7 Å². The SMILES string of the molecule is CN1c2ccc(C(F)(F)F)cc2CC12CCN(CC1CCOCC1)CC2. The van der Waals surface area contributed by atoms with Crippen LogP contribution in [-0.2, 0) is 17.3 Å². The third-order valence-corrected chi connectivity index (χ3v) is 6.64. The lowest BCUT2D eigenvalue weighted by Gasteiger charge is -2.45. The van der Waals surface area contributed by atoms with Crippen molar-refractivity contribution in [3.63, 3.8) is 0 Å². The summed E-state index contributed by atoms with van der Waals surface area (Å²) in [6.45, 7) is 4.95. The van der Waals surface area contributed by atoms with E-state index >= 15 is 0 Å². The summed E-state index contributed by atoms with van der Waals surface area (Å²) in [6, 6.07) is 4.23. The van der Waals surface area contributed by atoms with Gasteiger partial charge < -0.3 is 14.5 Å². The predicted octanol–water partition coefficient (Wildman–Crippen LogP) is 3.96. The zero-order chi connectivity index (χ0) is 18.4. The number of nitrogens with zero attached hydrogens (tertiary/aromatic N) is 2. The predicted molar refractivity (Wildman–Crippen MR) is 95.5 cm³/mol. The number of rotatable bonds is 2.